The summed E-state index contributed by atoms with van der Waals surface area (Å²) in [6, 6.07) is 0. The van der Waals surface area contributed by atoms with Gasteiger partial charge in [-0.15, -0.1) is 6.58 Å². The Morgan fingerprint density at radius 2 is 1.62 bits per heavy atom. The molecule has 1 aliphatic heterocycles. The van der Waals surface area contributed by atoms with Crippen LogP contribution in [0.4, 0.5) is 0 Å². The van der Waals surface area contributed by atoms with Crippen molar-refractivity contribution in [3.63, 3.8) is 0 Å². The molecule has 1 aliphatic rings. The lowest BCUT2D eigenvalue weighted by atomic mass is 9.86. The van der Waals surface area contributed by atoms with E-state index < -0.39 is 48.4 Å². The van der Waals surface area contributed by atoms with E-state index in [1.54, 1.807) is 6.08 Å². The highest BCUT2D eigenvalue weighted by molar-refractivity contribution is 5.67. The first kappa shape index (κ1) is 20.1. The van der Waals surface area contributed by atoms with E-state index in [2.05, 4.69) is 6.58 Å². The highest BCUT2D eigenvalue weighted by Gasteiger charge is 2.49. The van der Waals surface area contributed by atoms with Crippen LogP contribution in [0.5, 0.6) is 0 Å². The topological polar surface area (TPSA) is 97.4 Å². The maximum absolute atomic E-state index is 11.5. The molecule has 1 saturated heterocycles. The van der Waals surface area contributed by atoms with Gasteiger partial charge in [0.2, 0.25) is 0 Å². The summed E-state index contributed by atoms with van der Waals surface area (Å²) in [6.07, 6.45) is -1.28. The van der Waals surface area contributed by atoms with Crippen LogP contribution >= 0.6 is 0 Å². The van der Waals surface area contributed by atoms with Gasteiger partial charge < -0.3 is 23.7 Å². The fraction of sp³-hybridized carbons (Fsp3) is 0.688. The van der Waals surface area contributed by atoms with Gasteiger partial charge in [-0.25, -0.2) is 0 Å². The van der Waals surface area contributed by atoms with Gasteiger partial charge in [0.25, 0.3) is 0 Å². The second kappa shape index (κ2) is 9.39. The number of carbonyl (C=O) groups excluding carboxylic acids is 3. The molecular weight excluding hydrogens is 320 g/mol. The van der Waals surface area contributed by atoms with Crippen LogP contribution in [0.2, 0.25) is 0 Å². The van der Waals surface area contributed by atoms with E-state index in [4.69, 9.17) is 23.7 Å². The Morgan fingerprint density at radius 1 is 1.04 bits per heavy atom. The first-order valence-electron chi connectivity index (χ1n) is 7.57. The average molecular weight is 344 g/mol. The molecular formula is C16H24O8. The van der Waals surface area contributed by atoms with Crippen LogP contribution in [-0.2, 0) is 38.1 Å². The van der Waals surface area contributed by atoms with Crippen molar-refractivity contribution >= 4 is 17.9 Å². The summed E-state index contributed by atoms with van der Waals surface area (Å²) >= 11 is 0. The predicted molar refractivity (Wildman–Crippen MR) is 81.7 cm³/mol. The predicted octanol–water partition coefficient (Wildman–Crippen LogP) is 0.976. The highest BCUT2D eigenvalue weighted by Crippen LogP contribution is 2.33. The molecule has 8 heteroatoms. The molecule has 0 radical (unpaired) electrons. The van der Waals surface area contributed by atoms with Crippen molar-refractivity contribution in [3.8, 4) is 0 Å². The van der Waals surface area contributed by atoms with Crippen LogP contribution in [0.15, 0.2) is 12.7 Å². The lowest BCUT2D eigenvalue weighted by Crippen LogP contribution is -2.58. The molecule has 0 aromatic rings. The molecule has 5 atom stereocenters. The van der Waals surface area contributed by atoms with Gasteiger partial charge in [-0.3, -0.25) is 14.4 Å². The summed E-state index contributed by atoms with van der Waals surface area (Å²) < 4.78 is 26.6. The van der Waals surface area contributed by atoms with Gasteiger partial charge in [0.15, 0.2) is 12.4 Å². The van der Waals surface area contributed by atoms with Crippen LogP contribution < -0.4 is 0 Å². The van der Waals surface area contributed by atoms with Crippen molar-refractivity contribution in [3.05, 3.63) is 12.7 Å². The monoisotopic (exact) mass is 344 g/mol. The van der Waals surface area contributed by atoms with Crippen molar-refractivity contribution in [2.75, 3.05) is 13.7 Å². The molecule has 0 aromatic carbocycles. The molecule has 1 rings (SSSR count). The molecule has 1 heterocycles. The van der Waals surface area contributed by atoms with Gasteiger partial charge in [0.1, 0.15) is 18.8 Å². The number of carbonyl (C=O) groups is 3. The summed E-state index contributed by atoms with van der Waals surface area (Å²) in [7, 11) is 1.38. The largest absolute Gasteiger partial charge is 0.463 e. The van der Waals surface area contributed by atoms with Crippen molar-refractivity contribution in [2.45, 2.75) is 51.8 Å². The van der Waals surface area contributed by atoms with Gasteiger partial charge in [-0.2, -0.15) is 0 Å². The SMILES string of the molecule is C=CC[C@@H]1[C@H](OC(C)=O)[C@@H](OC(C)=O)[C@@H](OC)O[C@@H]1COC(C)=O. The zero-order chi connectivity index (χ0) is 18.3. The van der Waals surface area contributed by atoms with Crippen LogP contribution in [0.3, 0.4) is 0 Å². The maximum atomic E-state index is 11.5. The summed E-state index contributed by atoms with van der Waals surface area (Å²) in [5, 5.41) is 0. The lowest BCUT2D eigenvalue weighted by Gasteiger charge is -2.44. The molecule has 0 unspecified atom stereocenters. The van der Waals surface area contributed by atoms with Crippen molar-refractivity contribution in [1.29, 1.82) is 0 Å². The molecule has 0 aromatic heterocycles. The van der Waals surface area contributed by atoms with Crippen LogP contribution in [0, 0.1) is 5.92 Å². The Balaban J connectivity index is 3.12. The third kappa shape index (κ3) is 5.61. The second-order valence-corrected chi connectivity index (χ2v) is 5.42. The third-order valence-corrected chi connectivity index (χ3v) is 3.53. The summed E-state index contributed by atoms with van der Waals surface area (Å²) in [5.74, 6) is -1.97. The van der Waals surface area contributed by atoms with Crippen molar-refractivity contribution in [1.82, 2.24) is 0 Å². The number of ether oxygens (including phenoxy) is 5. The molecule has 1 fully saturated rings. The van der Waals surface area contributed by atoms with Gasteiger partial charge in [-0.05, 0) is 6.42 Å². The second-order valence-electron chi connectivity index (χ2n) is 5.42. The van der Waals surface area contributed by atoms with Gasteiger partial charge in [0, 0.05) is 33.8 Å². The van der Waals surface area contributed by atoms with Gasteiger partial charge in [-0.1, -0.05) is 6.08 Å². The van der Waals surface area contributed by atoms with Crippen molar-refractivity contribution in [2.24, 2.45) is 5.92 Å². The molecule has 0 aliphatic carbocycles. The fourth-order valence-electron chi connectivity index (χ4n) is 2.65. The molecule has 8 nitrogen and oxygen atoms in total. The van der Waals surface area contributed by atoms with Crippen LogP contribution in [0.1, 0.15) is 27.2 Å². The zero-order valence-corrected chi connectivity index (χ0v) is 14.4. The van der Waals surface area contributed by atoms with Gasteiger partial charge >= 0.3 is 17.9 Å². The highest BCUT2D eigenvalue weighted by atomic mass is 16.7. The van der Waals surface area contributed by atoms with E-state index in [0.717, 1.165) is 0 Å². The summed E-state index contributed by atoms with van der Waals surface area (Å²) in [4.78, 5) is 34.0. The Labute approximate surface area is 141 Å². The van der Waals surface area contributed by atoms with Gasteiger partial charge in [0.05, 0.1) is 0 Å². The number of allylic oxidation sites excluding steroid dienone is 1. The molecule has 0 amide bonds. The van der Waals surface area contributed by atoms with E-state index in [1.165, 1.54) is 27.9 Å². The first-order valence-corrected chi connectivity index (χ1v) is 7.57. The average Bonchev–Trinajstić information content (AvgIpc) is 2.48. The van der Waals surface area contributed by atoms with Crippen LogP contribution in [-0.4, -0.2) is 56.2 Å². The van der Waals surface area contributed by atoms with Crippen molar-refractivity contribution < 1.29 is 38.1 Å². The van der Waals surface area contributed by atoms with E-state index in [0.29, 0.717) is 6.42 Å². The van der Waals surface area contributed by atoms with Crippen LogP contribution in [0.25, 0.3) is 0 Å². The number of methoxy groups -OCH3 is 1. The lowest BCUT2D eigenvalue weighted by molar-refractivity contribution is -0.289. The molecule has 24 heavy (non-hydrogen) atoms. The number of hydrogen-bond acceptors (Lipinski definition) is 8. The quantitative estimate of drug-likeness (QED) is 0.383. The zero-order valence-electron chi connectivity index (χ0n) is 14.4. The molecule has 0 bridgehead atoms. The summed E-state index contributed by atoms with van der Waals surface area (Å²) in [5.41, 5.74) is 0. The van der Waals surface area contributed by atoms with E-state index >= 15 is 0 Å². The van der Waals surface area contributed by atoms with E-state index in [9.17, 15) is 14.4 Å². The van der Waals surface area contributed by atoms with E-state index in [-0.39, 0.29) is 6.61 Å². The normalized spacial score (nSPS) is 29.4. The smallest absolute Gasteiger partial charge is 0.303 e. The van der Waals surface area contributed by atoms with E-state index in [1.807, 2.05) is 0 Å². The Hall–Kier alpha value is -1.93. The number of esters is 3. The molecule has 0 N–H and O–H groups in total. The molecule has 0 saturated carbocycles. The minimum Gasteiger partial charge on any atom is -0.463 e. The summed E-state index contributed by atoms with van der Waals surface area (Å²) in [6.45, 7) is 7.42. The Kier molecular flexibility index (Phi) is 7.87. The first-order chi connectivity index (χ1) is 11.3. The minimum atomic E-state index is -0.958. The third-order valence-electron chi connectivity index (χ3n) is 3.53. The Bertz CT molecular complexity index is 475. The fourth-order valence-corrected chi connectivity index (χ4v) is 2.65. The number of rotatable bonds is 7. The minimum absolute atomic E-state index is 0.0434. The molecule has 136 valence electrons. The standard InChI is InChI=1S/C16H24O8/c1-6-7-12-13(8-21-9(2)17)24-16(20-5)15(23-11(4)19)14(12)22-10(3)18/h6,12-16H,1,7-8H2,2-5H3/t12-,13+,14-,15+,16-/m0/s1. The Morgan fingerprint density at radius 3 is 2.08 bits per heavy atom. The molecule has 0 spiro atoms. The maximum Gasteiger partial charge on any atom is 0.303 e. The number of hydrogen-bond donors (Lipinski definition) is 0.